The number of carbonyl (C=O) groups is 1. The number of H-pyrrole nitrogens is 1. The van der Waals surface area contributed by atoms with E-state index in [1.54, 1.807) is 37.3 Å². The number of ether oxygens (including phenoxy) is 2. The number of para-hydroxylation sites is 1. The van der Waals surface area contributed by atoms with Gasteiger partial charge in [0.2, 0.25) is 0 Å². The van der Waals surface area contributed by atoms with E-state index in [9.17, 15) is 9.59 Å². The van der Waals surface area contributed by atoms with Crippen LogP contribution in [0.4, 0.5) is 0 Å². The number of fused-ring (bicyclic) bond motifs is 1. The molecule has 0 amide bonds. The van der Waals surface area contributed by atoms with Gasteiger partial charge in [0.15, 0.2) is 5.82 Å². The molecule has 154 valence electrons. The van der Waals surface area contributed by atoms with Gasteiger partial charge in [-0.1, -0.05) is 41.6 Å². The van der Waals surface area contributed by atoms with Crippen molar-refractivity contribution in [2.75, 3.05) is 14.2 Å². The van der Waals surface area contributed by atoms with E-state index in [2.05, 4.69) is 15.1 Å². The Balaban J connectivity index is 1.83. The van der Waals surface area contributed by atoms with Gasteiger partial charge in [0, 0.05) is 5.56 Å². The minimum Gasteiger partial charge on any atom is -0.503 e. The third kappa shape index (κ3) is 4.54. The van der Waals surface area contributed by atoms with Gasteiger partial charge < -0.3 is 19.3 Å². The molecule has 0 aliphatic rings. The molecule has 1 heterocycles. The molecule has 1 aromatic heterocycles. The van der Waals surface area contributed by atoms with Gasteiger partial charge >= 0.3 is 5.97 Å². The lowest BCUT2D eigenvalue weighted by Gasteiger charge is -2.11. The number of methoxy groups -OCH3 is 2. The van der Waals surface area contributed by atoms with Crippen molar-refractivity contribution in [3.05, 3.63) is 82.1 Å². The number of rotatable bonds is 7. The maximum Gasteiger partial charge on any atom is 0.341 e. The van der Waals surface area contributed by atoms with Crippen LogP contribution in [-0.4, -0.2) is 35.9 Å². The van der Waals surface area contributed by atoms with Crippen LogP contribution in [-0.2, 0) is 25.7 Å². The number of hydrogen-bond donors (Lipinski definition) is 1. The van der Waals surface area contributed by atoms with Crippen molar-refractivity contribution < 1.29 is 19.1 Å². The first-order chi connectivity index (χ1) is 14.5. The smallest absolute Gasteiger partial charge is 0.341 e. The molecular formula is C22H21N3O5. The second-order valence-electron chi connectivity index (χ2n) is 6.30. The van der Waals surface area contributed by atoms with Gasteiger partial charge in [-0.2, -0.15) is 0 Å². The summed E-state index contributed by atoms with van der Waals surface area (Å²) in [7, 11) is 2.75. The summed E-state index contributed by atoms with van der Waals surface area (Å²) < 4.78 is 9.83. The van der Waals surface area contributed by atoms with Gasteiger partial charge in [0.25, 0.3) is 5.56 Å². The highest BCUT2D eigenvalue weighted by atomic mass is 16.6. The van der Waals surface area contributed by atoms with Gasteiger partial charge in [-0.05, 0) is 24.6 Å². The molecule has 3 aromatic rings. The molecule has 30 heavy (non-hydrogen) atoms. The Hall–Kier alpha value is -3.94. The van der Waals surface area contributed by atoms with Crippen molar-refractivity contribution in [2.24, 2.45) is 5.16 Å². The minimum absolute atomic E-state index is 0.0867. The van der Waals surface area contributed by atoms with E-state index in [-0.39, 0.29) is 17.7 Å². The summed E-state index contributed by atoms with van der Waals surface area (Å²) in [5.74, 6) is -0.205. The average molecular weight is 407 g/mol. The third-order valence-electron chi connectivity index (χ3n) is 4.33. The maximum atomic E-state index is 12.2. The topological polar surface area (TPSA) is 103 Å². The fourth-order valence-corrected chi connectivity index (χ4v) is 2.86. The lowest BCUT2D eigenvalue weighted by atomic mass is 10.0. The quantitative estimate of drug-likeness (QED) is 0.212. The zero-order chi connectivity index (χ0) is 21.5. The van der Waals surface area contributed by atoms with E-state index in [0.29, 0.717) is 33.6 Å². The number of benzene rings is 2. The van der Waals surface area contributed by atoms with Crippen molar-refractivity contribution in [3.8, 4) is 0 Å². The highest BCUT2D eigenvalue weighted by molar-refractivity contribution is 6.16. The van der Waals surface area contributed by atoms with Crippen LogP contribution in [0, 0.1) is 0 Å². The largest absolute Gasteiger partial charge is 0.503 e. The number of carbonyl (C=O) groups excluding carboxylic acids is 1. The van der Waals surface area contributed by atoms with E-state index >= 15 is 0 Å². The van der Waals surface area contributed by atoms with Crippen molar-refractivity contribution in [1.82, 2.24) is 9.97 Å². The normalized spacial score (nSPS) is 12.0. The van der Waals surface area contributed by atoms with E-state index in [1.807, 2.05) is 18.2 Å². The highest BCUT2D eigenvalue weighted by Gasteiger charge is 2.17. The van der Waals surface area contributed by atoms with Crippen molar-refractivity contribution in [1.29, 1.82) is 0 Å². The first-order valence-corrected chi connectivity index (χ1v) is 9.10. The Bertz CT molecular complexity index is 1180. The number of aromatic amines is 1. The zero-order valence-corrected chi connectivity index (χ0v) is 16.8. The second kappa shape index (κ2) is 9.51. The first kappa shape index (κ1) is 20.8. The number of esters is 1. The van der Waals surface area contributed by atoms with Crippen LogP contribution in [0.3, 0.4) is 0 Å². The predicted molar refractivity (Wildman–Crippen MR) is 113 cm³/mol. The third-order valence-corrected chi connectivity index (χ3v) is 4.33. The van der Waals surface area contributed by atoms with Crippen LogP contribution >= 0.6 is 0 Å². The molecule has 0 radical (unpaired) electrons. The van der Waals surface area contributed by atoms with Crippen molar-refractivity contribution in [3.63, 3.8) is 0 Å². The predicted octanol–water partition coefficient (Wildman–Crippen LogP) is 3.02. The summed E-state index contributed by atoms with van der Waals surface area (Å²) in [6, 6.07) is 14.2. The molecule has 0 fully saturated rings. The Kier molecular flexibility index (Phi) is 6.59. The Morgan fingerprint density at radius 1 is 1.13 bits per heavy atom. The number of oxime groups is 1. The molecule has 0 atom stereocenters. The molecule has 0 unspecified atom stereocenters. The number of nitrogens with one attached hydrogen (secondary N) is 1. The summed E-state index contributed by atoms with van der Waals surface area (Å²) >= 11 is 0. The average Bonchev–Trinajstić information content (AvgIpc) is 2.77. The maximum absolute atomic E-state index is 12.2. The van der Waals surface area contributed by atoms with Crippen molar-refractivity contribution >= 4 is 28.2 Å². The van der Waals surface area contributed by atoms with Crippen LogP contribution in [0.25, 0.3) is 16.5 Å². The number of hydrogen-bond acceptors (Lipinski definition) is 7. The molecule has 8 heteroatoms. The lowest BCUT2D eigenvalue weighted by molar-refractivity contribution is -0.133. The molecule has 0 aliphatic carbocycles. The van der Waals surface area contributed by atoms with E-state index < -0.39 is 5.97 Å². The number of nitrogens with zero attached hydrogens (tertiary/aromatic N) is 2. The molecule has 0 saturated carbocycles. The highest BCUT2D eigenvalue weighted by Crippen LogP contribution is 2.21. The zero-order valence-electron chi connectivity index (χ0n) is 16.8. The van der Waals surface area contributed by atoms with E-state index in [1.165, 1.54) is 20.5 Å². The molecule has 3 rings (SSSR count). The summed E-state index contributed by atoms with van der Waals surface area (Å²) in [4.78, 5) is 36.9. The van der Waals surface area contributed by atoms with Crippen LogP contribution in [0.5, 0.6) is 0 Å². The molecule has 0 saturated heterocycles. The molecular weight excluding hydrogens is 386 g/mol. The molecule has 0 spiro atoms. The summed E-state index contributed by atoms with van der Waals surface area (Å²) in [5, 5.41) is 4.57. The van der Waals surface area contributed by atoms with Gasteiger partial charge in [0.1, 0.15) is 17.9 Å². The summed E-state index contributed by atoms with van der Waals surface area (Å²) in [5.41, 5.74) is 2.32. The van der Waals surface area contributed by atoms with Crippen LogP contribution in [0.1, 0.15) is 23.9 Å². The summed E-state index contributed by atoms with van der Waals surface area (Å²) in [6.45, 7) is 1.77. The van der Waals surface area contributed by atoms with Gasteiger partial charge in [-0.25, -0.2) is 9.78 Å². The minimum atomic E-state index is -0.526. The summed E-state index contributed by atoms with van der Waals surface area (Å²) in [6.07, 6.45) is 1.32. The van der Waals surface area contributed by atoms with Crippen LogP contribution in [0.15, 0.2) is 64.7 Å². The fraction of sp³-hybridized carbons (Fsp3) is 0.182. The molecule has 0 aliphatic heterocycles. The lowest BCUT2D eigenvalue weighted by Crippen LogP contribution is -2.15. The van der Waals surface area contributed by atoms with E-state index in [0.717, 1.165) is 0 Å². The Morgan fingerprint density at radius 2 is 1.87 bits per heavy atom. The molecule has 1 N–H and O–H groups in total. The monoisotopic (exact) mass is 407 g/mol. The fourth-order valence-electron chi connectivity index (χ4n) is 2.86. The van der Waals surface area contributed by atoms with E-state index in [4.69, 9.17) is 14.3 Å². The van der Waals surface area contributed by atoms with Crippen molar-refractivity contribution in [2.45, 2.75) is 13.5 Å². The van der Waals surface area contributed by atoms with Gasteiger partial charge in [-0.3, -0.25) is 4.79 Å². The first-order valence-electron chi connectivity index (χ1n) is 9.10. The number of aromatic nitrogens is 2. The van der Waals surface area contributed by atoms with Gasteiger partial charge in [0.05, 0.1) is 31.4 Å². The van der Waals surface area contributed by atoms with Gasteiger partial charge in [-0.15, -0.1) is 0 Å². The molecule has 2 aromatic carbocycles. The standard InChI is InChI=1S/C22H21N3O5/c1-14(20-23-19-11-7-6-10-17(19)21(26)24-20)25-30-12-15-8-4-5-9-16(15)18(13-28-2)22(27)29-3/h4-11,13H,12H2,1-3H3,(H,23,24,26)/b18-13+,25-14+. The molecule has 8 nitrogen and oxygen atoms in total. The second-order valence-corrected chi connectivity index (χ2v) is 6.30. The van der Waals surface area contributed by atoms with Crippen LogP contribution < -0.4 is 5.56 Å². The Morgan fingerprint density at radius 3 is 2.63 bits per heavy atom. The Labute approximate surface area is 172 Å². The van der Waals surface area contributed by atoms with Crippen LogP contribution in [0.2, 0.25) is 0 Å². The molecule has 0 bridgehead atoms. The SMILES string of the molecule is CO/C=C(/C(=O)OC)c1ccccc1CO/N=C(\C)c1nc2ccccc2c(=O)[nH]1.